The first-order chi connectivity index (χ1) is 13.1. The van der Waals surface area contributed by atoms with E-state index in [4.69, 9.17) is 4.74 Å². The van der Waals surface area contributed by atoms with Crippen molar-refractivity contribution in [2.24, 2.45) is 0 Å². The Kier molecular flexibility index (Phi) is 5.15. The Morgan fingerprint density at radius 1 is 1.19 bits per heavy atom. The summed E-state index contributed by atoms with van der Waals surface area (Å²) in [5, 5.41) is 2.33. The molecular formula is C18H17N3O4S2. The van der Waals surface area contributed by atoms with Crippen LogP contribution >= 0.6 is 22.7 Å². The Labute approximate surface area is 162 Å². The summed E-state index contributed by atoms with van der Waals surface area (Å²) in [7, 11) is 0. The molecule has 27 heavy (non-hydrogen) atoms. The largest absolute Gasteiger partial charge is 0.378 e. The predicted octanol–water partition coefficient (Wildman–Crippen LogP) is 1.80. The SMILES string of the molecule is O=C(Cn1cnc2sccc2c1=O)c1ccc(CC(=O)N2CCOCC2)s1. The zero-order valence-corrected chi connectivity index (χ0v) is 16.1. The van der Waals surface area contributed by atoms with Gasteiger partial charge in [-0.1, -0.05) is 0 Å². The van der Waals surface area contributed by atoms with E-state index in [1.165, 1.54) is 33.6 Å². The lowest BCUT2D eigenvalue weighted by molar-refractivity contribution is -0.134. The van der Waals surface area contributed by atoms with Crippen molar-refractivity contribution in [2.45, 2.75) is 13.0 Å². The number of Topliss-reactive ketones (excluding diaryl/α,β-unsaturated/α-hetero) is 1. The van der Waals surface area contributed by atoms with Gasteiger partial charge in [0.2, 0.25) is 5.91 Å². The van der Waals surface area contributed by atoms with E-state index in [1.54, 1.807) is 23.1 Å². The van der Waals surface area contributed by atoms with E-state index in [1.807, 2.05) is 5.38 Å². The molecule has 0 aliphatic carbocycles. The zero-order valence-electron chi connectivity index (χ0n) is 14.4. The van der Waals surface area contributed by atoms with Crippen LogP contribution in [0.5, 0.6) is 0 Å². The van der Waals surface area contributed by atoms with Crippen molar-refractivity contribution in [3.63, 3.8) is 0 Å². The average molecular weight is 403 g/mol. The molecule has 1 saturated heterocycles. The maximum Gasteiger partial charge on any atom is 0.262 e. The summed E-state index contributed by atoms with van der Waals surface area (Å²) in [6.07, 6.45) is 1.69. The van der Waals surface area contributed by atoms with Crippen molar-refractivity contribution in [3.05, 3.63) is 50.0 Å². The van der Waals surface area contributed by atoms with Gasteiger partial charge >= 0.3 is 0 Å². The van der Waals surface area contributed by atoms with E-state index < -0.39 is 0 Å². The summed E-state index contributed by atoms with van der Waals surface area (Å²) in [5.74, 6) is -0.119. The molecule has 4 rings (SSSR count). The summed E-state index contributed by atoms with van der Waals surface area (Å²) in [5.41, 5.74) is -0.214. The second-order valence-corrected chi connectivity index (χ2v) is 8.24. The quantitative estimate of drug-likeness (QED) is 0.607. The predicted molar refractivity (Wildman–Crippen MR) is 104 cm³/mol. The van der Waals surface area contributed by atoms with E-state index in [9.17, 15) is 14.4 Å². The van der Waals surface area contributed by atoms with Crippen LogP contribution < -0.4 is 5.56 Å². The van der Waals surface area contributed by atoms with Crippen LogP contribution in [0, 0.1) is 0 Å². The van der Waals surface area contributed by atoms with E-state index in [-0.39, 0.29) is 30.2 Å². The van der Waals surface area contributed by atoms with Crippen molar-refractivity contribution in [3.8, 4) is 0 Å². The molecule has 4 heterocycles. The molecule has 0 spiro atoms. The minimum Gasteiger partial charge on any atom is -0.378 e. The van der Waals surface area contributed by atoms with Gasteiger partial charge in [-0.3, -0.25) is 19.0 Å². The number of amides is 1. The van der Waals surface area contributed by atoms with Crippen molar-refractivity contribution in [1.82, 2.24) is 14.5 Å². The van der Waals surface area contributed by atoms with E-state index >= 15 is 0 Å². The van der Waals surface area contributed by atoms with Gasteiger partial charge in [0, 0.05) is 18.0 Å². The lowest BCUT2D eigenvalue weighted by atomic mass is 10.2. The van der Waals surface area contributed by atoms with Gasteiger partial charge in [0.05, 0.1) is 42.8 Å². The Morgan fingerprint density at radius 3 is 2.81 bits per heavy atom. The van der Waals surface area contributed by atoms with Gasteiger partial charge in [-0.05, 0) is 23.6 Å². The number of fused-ring (bicyclic) bond motifs is 1. The lowest BCUT2D eigenvalue weighted by Crippen LogP contribution is -2.41. The fourth-order valence-electron chi connectivity index (χ4n) is 2.93. The number of carbonyl (C=O) groups is 2. The zero-order chi connectivity index (χ0) is 18.8. The van der Waals surface area contributed by atoms with Gasteiger partial charge < -0.3 is 9.64 Å². The number of nitrogens with zero attached hydrogens (tertiary/aromatic N) is 3. The molecule has 3 aromatic rings. The Balaban J connectivity index is 1.44. The molecule has 1 aliphatic rings. The highest BCUT2D eigenvalue weighted by Gasteiger charge is 2.19. The molecule has 140 valence electrons. The van der Waals surface area contributed by atoms with Gasteiger partial charge in [0.25, 0.3) is 5.56 Å². The molecule has 7 nitrogen and oxygen atoms in total. The summed E-state index contributed by atoms with van der Waals surface area (Å²) in [6.45, 7) is 2.29. The fraction of sp³-hybridized carbons (Fsp3) is 0.333. The molecule has 3 aromatic heterocycles. The molecule has 1 aliphatic heterocycles. The third-order valence-corrected chi connectivity index (χ3v) is 6.34. The molecule has 0 radical (unpaired) electrons. The summed E-state index contributed by atoms with van der Waals surface area (Å²) in [4.78, 5) is 45.3. The molecule has 1 amide bonds. The van der Waals surface area contributed by atoms with E-state index in [0.717, 1.165) is 4.88 Å². The van der Waals surface area contributed by atoms with Gasteiger partial charge in [0.1, 0.15) is 4.83 Å². The number of ether oxygens (including phenoxy) is 1. The van der Waals surface area contributed by atoms with Crippen LogP contribution in [-0.2, 0) is 22.5 Å². The second-order valence-electron chi connectivity index (χ2n) is 6.18. The normalized spacial score (nSPS) is 14.6. The number of rotatable bonds is 5. The fourth-order valence-corrected chi connectivity index (χ4v) is 4.59. The van der Waals surface area contributed by atoms with Gasteiger partial charge in [-0.15, -0.1) is 22.7 Å². The van der Waals surface area contributed by atoms with E-state index in [0.29, 0.717) is 41.4 Å². The third kappa shape index (κ3) is 3.85. The maximum atomic E-state index is 12.6. The van der Waals surface area contributed by atoms with Crippen LogP contribution in [0.2, 0.25) is 0 Å². The molecule has 0 bridgehead atoms. The highest BCUT2D eigenvalue weighted by molar-refractivity contribution is 7.16. The molecule has 0 unspecified atom stereocenters. The molecular weight excluding hydrogens is 386 g/mol. The summed E-state index contributed by atoms with van der Waals surface area (Å²) < 4.78 is 6.58. The maximum absolute atomic E-state index is 12.6. The molecule has 9 heteroatoms. The summed E-state index contributed by atoms with van der Waals surface area (Å²) >= 11 is 2.70. The standard InChI is InChI=1S/C18H17N3O4S2/c22-14(10-21-11-19-17-13(18(21)24)3-8-26-17)15-2-1-12(27-15)9-16(23)20-4-6-25-7-5-20/h1-3,8,11H,4-7,9-10H2. The van der Waals surface area contributed by atoms with E-state index in [2.05, 4.69) is 4.98 Å². The van der Waals surface area contributed by atoms with Gasteiger partial charge in [0.15, 0.2) is 5.78 Å². The van der Waals surface area contributed by atoms with Gasteiger partial charge in [-0.2, -0.15) is 0 Å². The molecule has 0 N–H and O–H groups in total. The van der Waals surface area contributed by atoms with Crippen LogP contribution in [0.25, 0.3) is 10.2 Å². The average Bonchev–Trinajstić information content (AvgIpc) is 3.34. The monoisotopic (exact) mass is 403 g/mol. The van der Waals surface area contributed by atoms with Crippen molar-refractivity contribution in [2.75, 3.05) is 26.3 Å². The lowest BCUT2D eigenvalue weighted by Gasteiger charge is -2.26. The minimum absolute atomic E-state index is 0.0440. The number of hydrogen-bond donors (Lipinski definition) is 0. The number of morpholine rings is 1. The topological polar surface area (TPSA) is 81.5 Å². The highest BCUT2D eigenvalue weighted by atomic mass is 32.1. The van der Waals surface area contributed by atoms with Crippen LogP contribution in [0.4, 0.5) is 0 Å². The van der Waals surface area contributed by atoms with Crippen molar-refractivity contribution in [1.29, 1.82) is 0 Å². The van der Waals surface area contributed by atoms with Crippen LogP contribution in [0.15, 0.2) is 34.7 Å². The number of carbonyl (C=O) groups excluding carboxylic acids is 2. The smallest absolute Gasteiger partial charge is 0.262 e. The van der Waals surface area contributed by atoms with Crippen molar-refractivity contribution < 1.29 is 14.3 Å². The van der Waals surface area contributed by atoms with Crippen molar-refractivity contribution >= 4 is 44.6 Å². The third-order valence-electron chi connectivity index (χ3n) is 4.39. The Bertz CT molecular complexity index is 1050. The number of ketones is 1. The first-order valence-corrected chi connectivity index (χ1v) is 10.2. The molecule has 0 saturated carbocycles. The molecule has 1 fully saturated rings. The minimum atomic E-state index is -0.214. The first-order valence-electron chi connectivity index (χ1n) is 8.52. The molecule has 0 atom stereocenters. The number of thiophene rings is 2. The Morgan fingerprint density at radius 2 is 2.00 bits per heavy atom. The van der Waals surface area contributed by atoms with Crippen LogP contribution in [0.3, 0.4) is 0 Å². The second kappa shape index (κ2) is 7.71. The molecule has 0 aromatic carbocycles. The number of hydrogen-bond acceptors (Lipinski definition) is 7. The number of aromatic nitrogens is 2. The van der Waals surface area contributed by atoms with Crippen LogP contribution in [-0.4, -0.2) is 52.4 Å². The van der Waals surface area contributed by atoms with Crippen LogP contribution in [0.1, 0.15) is 14.5 Å². The van der Waals surface area contributed by atoms with Gasteiger partial charge in [-0.25, -0.2) is 4.98 Å². The first kappa shape index (κ1) is 18.0. The highest BCUT2D eigenvalue weighted by Crippen LogP contribution is 2.19. The summed E-state index contributed by atoms with van der Waals surface area (Å²) in [6, 6.07) is 5.24. The Hall–Kier alpha value is -2.36.